The number of nitrogens with one attached hydrogen (secondary N) is 1. The fourth-order valence-electron chi connectivity index (χ4n) is 3.40. The van der Waals surface area contributed by atoms with E-state index >= 15 is 0 Å². The zero-order valence-corrected chi connectivity index (χ0v) is 19.1. The van der Waals surface area contributed by atoms with Gasteiger partial charge in [-0.25, -0.2) is 18.6 Å². The second kappa shape index (κ2) is 8.86. The minimum absolute atomic E-state index is 0.157. The minimum Gasteiger partial charge on any atom is -0.444 e. The Hall–Kier alpha value is -3.00. The van der Waals surface area contributed by atoms with E-state index in [9.17, 15) is 18.4 Å². The summed E-state index contributed by atoms with van der Waals surface area (Å²) in [6.07, 6.45) is -3.42. The predicted octanol–water partition coefficient (Wildman–Crippen LogP) is 5.87. The molecule has 170 valence electrons. The molecule has 2 aromatic carbocycles. The number of benzene rings is 2. The molecule has 0 aliphatic carbocycles. The van der Waals surface area contributed by atoms with E-state index in [-0.39, 0.29) is 33.0 Å². The number of fused-ring (bicyclic) bond motifs is 1. The number of amides is 1. The lowest BCUT2D eigenvalue weighted by molar-refractivity contribution is 0.0505. The van der Waals surface area contributed by atoms with E-state index < -0.39 is 29.7 Å². The smallest absolute Gasteiger partial charge is 0.408 e. The summed E-state index contributed by atoms with van der Waals surface area (Å²) in [5, 5.41) is 3.01. The van der Waals surface area contributed by atoms with E-state index in [1.165, 1.54) is 23.6 Å². The molecule has 32 heavy (non-hydrogen) atoms. The molecule has 6 nitrogen and oxygen atoms in total. The molecule has 0 bridgehead atoms. The molecular formula is C23H24ClF2N3O3. The van der Waals surface area contributed by atoms with E-state index in [0.717, 1.165) is 0 Å². The van der Waals surface area contributed by atoms with Crippen LogP contribution >= 0.6 is 11.6 Å². The van der Waals surface area contributed by atoms with Crippen LogP contribution in [0.25, 0.3) is 16.6 Å². The number of aromatic nitrogens is 2. The van der Waals surface area contributed by atoms with E-state index in [1.807, 2.05) is 0 Å². The predicted molar refractivity (Wildman–Crippen MR) is 120 cm³/mol. The fraction of sp³-hybridized carbons (Fsp3) is 0.348. The summed E-state index contributed by atoms with van der Waals surface area (Å²) in [4.78, 5) is 30.4. The highest BCUT2D eigenvalue weighted by Crippen LogP contribution is 2.29. The minimum atomic E-state index is -2.72. The summed E-state index contributed by atoms with van der Waals surface area (Å²) < 4.78 is 33.6. The van der Waals surface area contributed by atoms with Crippen molar-refractivity contribution in [3.63, 3.8) is 0 Å². The van der Waals surface area contributed by atoms with Gasteiger partial charge in [0.2, 0.25) is 0 Å². The second-order valence-electron chi connectivity index (χ2n) is 8.40. The van der Waals surface area contributed by atoms with Crippen molar-refractivity contribution in [3.8, 4) is 5.69 Å². The van der Waals surface area contributed by atoms with Crippen molar-refractivity contribution in [2.75, 3.05) is 0 Å². The van der Waals surface area contributed by atoms with Crippen LogP contribution in [-0.4, -0.2) is 21.2 Å². The van der Waals surface area contributed by atoms with E-state index in [4.69, 9.17) is 16.3 Å². The van der Waals surface area contributed by atoms with Gasteiger partial charge < -0.3 is 10.1 Å². The summed E-state index contributed by atoms with van der Waals surface area (Å²) in [5.41, 5.74) is -0.668. The summed E-state index contributed by atoms with van der Waals surface area (Å²) in [6.45, 7) is 8.31. The van der Waals surface area contributed by atoms with E-state index in [1.54, 1.807) is 52.0 Å². The zero-order valence-electron chi connectivity index (χ0n) is 18.4. The highest BCUT2D eigenvalue weighted by molar-refractivity contribution is 6.35. The number of ether oxygens (including phenoxy) is 1. The normalized spacial score (nSPS) is 12.8. The van der Waals surface area contributed by atoms with Crippen LogP contribution in [0.1, 0.15) is 57.1 Å². The van der Waals surface area contributed by atoms with Gasteiger partial charge in [-0.15, -0.1) is 0 Å². The van der Waals surface area contributed by atoms with Gasteiger partial charge in [-0.3, -0.25) is 9.36 Å². The Morgan fingerprint density at radius 1 is 1.19 bits per heavy atom. The maximum absolute atomic E-state index is 13.5. The first kappa shape index (κ1) is 23.7. The number of alkyl carbamates (subject to hydrolysis) is 1. The second-order valence-corrected chi connectivity index (χ2v) is 8.81. The summed E-state index contributed by atoms with van der Waals surface area (Å²) in [6, 6.07) is 8.36. The third-order valence-electron chi connectivity index (χ3n) is 4.82. The molecule has 0 saturated carbocycles. The third-order valence-corrected chi connectivity index (χ3v) is 5.13. The molecule has 0 saturated heterocycles. The molecule has 1 atom stereocenters. The van der Waals surface area contributed by atoms with Crippen LogP contribution in [0.5, 0.6) is 0 Å². The zero-order chi connectivity index (χ0) is 23.8. The molecule has 3 aromatic rings. The van der Waals surface area contributed by atoms with Gasteiger partial charge in [0.25, 0.3) is 12.0 Å². The molecular weight excluding hydrogens is 440 g/mol. The monoisotopic (exact) mass is 463 g/mol. The van der Waals surface area contributed by atoms with Gasteiger partial charge in [0.1, 0.15) is 11.4 Å². The highest BCUT2D eigenvalue weighted by Gasteiger charge is 2.25. The molecule has 1 amide bonds. The van der Waals surface area contributed by atoms with Gasteiger partial charge in [-0.2, -0.15) is 0 Å². The first-order valence-electron chi connectivity index (χ1n) is 9.99. The third kappa shape index (κ3) is 4.75. The number of alkyl halides is 2. The molecule has 0 radical (unpaired) electrons. The Labute approximate surface area is 189 Å². The highest BCUT2D eigenvalue weighted by atomic mass is 35.5. The van der Waals surface area contributed by atoms with E-state index in [2.05, 4.69) is 10.3 Å². The Morgan fingerprint density at radius 3 is 2.47 bits per heavy atom. The van der Waals surface area contributed by atoms with Crippen LogP contribution in [0, 0.1) is 6.92 Å². The Morgan fingerprint density at radius 2 is 1.84 bits per heavy atom. The average molecular weight is 464 g/mol. The van der Waals surface area contributed by atoms with Crippen molar-refractivity contribution in [2.24, 2.45) is 0 Å². The first-order chi connectivity index (χ1) is 14.9. The summed E-state index contributed by atoms with van der Waals surface area (Å²) in [7, 11) is 0. The van der Waals surface area contributed by atoms with Gasteiger partial charge in [-0.1, -0.05) is 29.8 Å². The van der Waals surface area contributed by atoms with E-state index in [0.29, 0.717) is 5.52 Å². The number of carbonyl (C=O) groups is 1. The van der Waals surface area contributed by atoms with Crippen molar-refractivity contribution in [1.82, 2.24) is 14.9 Å². The number of hydrogen-bond acceptors (Lipinski definition) is 4. The maximum atomic E-state index is 13.5. The lowest BCUT2D eigenvalue weighted by Crippen LogP contribution is -2.37. The van der Waals surface area contributed by atoms with Crippen LogP contribution in [0.3, 0.4) is 0 Å². The molecule has 1 N–H and O–H groups in total. The molecule has 0 unspecified atom stereocenters. The van der Waals surface area contributed by atoms with Crippen LogP contribution in [0.2, 0.25) is 5.02 Å². The standard InChI is InChI=1S/C23H24ClF2N3O3/c1-12-14(19(25)26)8-6-11-17(12)29-20(13(2)27-22(31)32-23(3,4)5)28-16-10-7-9-15(24)18(16)21(29)30/h6-11,13,19H,1-5H3,(H,27,31)/t13-/m0/s1. The molecule has 9 heteroatoms. The van der Waals surface area contributed by atoms with Gasteiger partial charge in [-0.05, 0) is 58.4 Å². The van der Waals surface area contributed by atoms with Crippen molar-refractivity contribution in [3.05, 3.63) is 68.7 Å². The van der Waals surface area contributed by atoms with Crippen molar-refractivity contribution >= 4 is 28.6 Å². The topological polar surface area (TPSA) is 73.2 Å². The quantitative estimate of drug-likeness (QED) is 0.525. The van der Waals surface area contributed by atoms with Crippen LogP contribution < -0.4 is 10.9 Å². The number of rotatable bonds is 4. The molecule has 0 fully saturated rings. The maximum Gasteiger partial charge on any atom is 0.408 e. The van der Waals surface area contributed by atoms with Gasteiger partial charge in [0.15, 0.2) is 0 Å². The number of hydrogen-bond donors (Lipinski definition) is 1. The summed E-state index contributed by atoms with van der Waals surface area (Å²) >= 11 is 6.27. The first-order valence-corrected chi connectivity index (χ1v) is 10.4. The molecule has 1 aromatic heterocycles. The fourth-order valence-corrected chi connectivity index (χ4v) is 3.65. The van der Waals surface area contributed by atoms with Crippen molar-refractivity contribution in [2.45, 2.75) is 52.7 Å². The Kier molecular flexibility index (Phi) is 6.55. The van der Waals surface area contributed by atoms with Crippen LogP contribution in [0.4, 0.5) is 13.6 Å². The average Bonchev–Trinajstić information content (AvgIpc) is 2.66. The largest absolute Gasteiger partial charge is 0.444 e. The number of nitrogens with zero attached hydrogens (tertiary/aromatic N) is 2. The van der Waals surface area contributed by atoms with Crippen LogP contribution in [-0.2, 0) is 4.74 Å². The lowest BCUT2D eigenvalue weighted by Gasteiger charge is -2.24. The molecule has 1 heterocycles. The SMILES string of the molecule is Cc1c(C(F)F)cccc1-n1c([C@H](C)NC(=O)OC(C)(C)C)nc2cccc(Cl)c2c1=O. The van der Waals surface area contributed by atoms with Crippen LogP contribution in [0.15, 0.2) is 41.2 Å². The molecule has 0 aliphatic heterocycles. The molecule has 3 rings (SSSR count). The van der Waals surface area contributed by atoms with Crippen molar-refractivity contribution < 1.29 is 18.3 Å². The number of carbonyl (C=O) groups excluding carboxylic acids is 1. The Bertz CT molecular complexity index is 1240. The Balaban J connectivity index is 2.26. The van der Waals surface area contributed by atoms with Gasteiger partial charge in [0.05, 0.1) is 27.7 Å². The van der Waals surface area contributed by atoms with Gasteiger partial charge in [0, 0.05) is 5.56 Å². The number of halogens is 3. The van der Waals surface area contributed by atoms with Crippen molar-refractivity contribution in [1.29, 1.82) is 0 Å². The molecule has 0 aliphatic rings. The molecule has 0 spiro atoms. The lowest BCUT2D eigenvalue weighted by atomic mass is 10.1. The van der Waals surface area contributed by atoms with Gasteiger partial charge >= 0.3 is 6.09 Å². The summed E-state index contributed by atoms with van der Waals surface area (Å²) in [5.74, 6) is 0.158.